The number of anilines is 1. The second kappa shape index (κ2) is 8.88. The number of nitrogens with two attached hydrogens (primary N) is 1. The van der Waals surface area contributed by atoms with Crippen molar-refractivity contribution in [2.75, 3.05) is 25.4 Å². The third kappa shape index (κ3) is 4.78. The van der Waals surface area contributed by atoms with Crippen molar-refractivity contribution in [2.45, 2.75) is 76.1 Å². The summed E-state index contributed by atoms with van der Waals surface area (Å²) in [6.45, 7) is 4.81. The Morgan fingerprint density at radius 2 is 2.09 bits per heavy atom. The molecular weight excluding hydrogens is 453 g/mol. The van der Waals surface area contributed by atoms with Gasteiger partial charge in [-0.1, -0.05) is 0 Å². The van der Waals surface area contributed by atoms with Gasteiger partial charge in [0.2, 0.25) is 0 Å². The van der Waals surface area contributed by atoms with Crippen LogP contribution < -0.4 is 11.1 Å². The summed E-state index contributed by atoms with van der Waals surface area (Å²) >= 11 is 0. The van der Waals surface area contributed by atoms with Gasteiger partial charge in [-0.15, -0.1) is 0 Å². The molecule has 0 aliphatic carbocycles. The molecule has 2 saturated heterocycles. The molecule has 2 fully saturated rings. The lowest BCUT2D eigenvalue weighted by Gasteiger charge is -2.41. The van der Waals surface area contributed by atoms with Gasteiger partial charge in [0, 0.05) is 19.3 Å². The molecule has 0 spiro atoms. The fourth-order valence-corrected chi connectivity index (χ4v) is 4.85. The van der Waals surface area contributed by atoms with Gasteiger partial charge in [0.1, 0.15) is 35.2 Å². The van der Waals surface area contributed by atoms with Crippen molar-refractivity contribution in [1.82, 2.24) is 24.8 Å². The number of carbonyl (C=O) groups excluding carboxylic acids is 1. The van der Waals surface area contributed by atoms with Crippen molar-refractivity contribution < 1.29 is 27.4 Å². The third-order valence-electron chi connectivity index (χ3n) is 6.43. The first-order valence-corrected chi connectivity index (χ1v) is 11.4. The molecule has 2 aromatic heterocycles. The summed E-state index contributed by atoms with van der Waals surface area (Å²) in [5, 5.41) is 3.05. The summed E-state index contributed by atoms with van der Waals surface area (Å²) in [5.41, 5.74) is 3.58. The molecule has 2 aliphatic rings. The Hall–Kier alpha value is -2.60. The van der Waals surface area contributed by atoms with E-state index in [9.17, 15) is 18.0 Å². The third-order valence-corrected chi connectivity index (χ3v) is 6.43. The van der Waals surface area contributed by atoms with Crippen LogP contribution >= 0.6 is 0 Å². The van der Waals surface area contributed by atoms with Crippen LogP contribution in [0.5, 0.6) is 0 Å². The first-order chi connectivity index (χ1) is 15.9. The van der Waals surface area contributed by atoms with Gasteiger partial charge in [-0.25, -0.2) is 14.8 Å². The molecule has 188 valence electrons. The molecule has 12 heteroatoms. The predicted octanol–water partition coefficient (Wildman–Crippen LogP) is 3.61. The Balaban J connectivity index is 1.45. The minimum atomic E-state index is -4.53. The molecule has 4 rings (SSSR count). The highest BCUT2D eigenvalue weighted by atomic mass is 19.4. The Bertz CT molecular complexity index is 1040. The van der Waals surface area contributed by atoms with Crippen LogP contribution in [-0.4, -0.2) is 68.6 Å². The second-order valence-electron chi connectivity index (χ2n) is 9.94. The van der Waals surface area contributed by atoms with Gasteiger partial charge in [0.05, 0.1) is 11.5 Å². The summed E-state index contributed by atoms with van der Waals surface area (Å²) < 4.78 is 56.1. The average molecular weight is 485 g/mol. The van der Waals surface area contributed by atoms with E-state index >= 15 is 0 Å². The lowest BCUT2D eigenvalue weighted by molar-refractivity contribution is -0.224. The number of alkyl carbamates (subject to hydrolysis) is 1. The fourth-order valence-electron chi connectivity index (χ4n) is 4.85. The SMILES string of the molecule is CC(C)(C)OC(=O)NCC1(C(F)(F)F)CCCN1CC1CCC(n2ccc3c(N)ncnc32)O1. The molecule has 2 aliphatic heterocycles. The number of nitrogen functional groups attached to an aromatic ring is 1. The van der Waals surface area contributed by atoms with E-state index < -0.39 is 30.0 Å². The minimum Gasteiger partial charge on any atom is -0.444 e. The molecular formula is C22H31F3N6O3. The van der Waals surface area contributed by atoms with Crippen LogP contribution in [0.4, 0.5) is 23.8 Å². The number of ether oxygens (including phenoxy) is 2. The van der Waals surface area contributed by atoms with Gasteiger partial charge in [-0.05, 0) is 59.1 Å². The normalized spacial score (nSPS) is 26.3. The quantitative estimate of drug-likeness (QED) is 0.668. The predicted molar refractivity (Wildman–Crippen MR) is 119 cm³/mol. The standard InChI is InChI=1S/C22H31F3N6O3/c1-20(2,3)34-19(32)27-12-21(22(23,24)25)8-4-9-30(21)11-14-5-6-16(33-14)31-10-7-15-17(26)28-13-29-18(15)31/h7,10,13-14,16H,4-6,8-9,11-12H2,1-3H3,(H,27,32)(H2,26,28,29). The molecule has 0 saturated carbocycles. The highest BCUT2D eigenvalue weighted by molar-refractivity contribution is 5.86. The van der Waals surface area contributed by atoms with E-state index in [2.05, 4.69) is 15.3 Å². The summed E-state index contributed by atoms with van der Waals surface area (Å²) in [7, 11) is 0. The lowest BCUT2D eigenvalue weighted by atomic mass is 9.94. The lowest BCUT2D eigenvalue weighted by Crippen LogP contribution is -2.62. The molecule has 9 nitrogen and oxygen atoms in total. The number of aromatic nitrogens is 3. The summed E-state index contributed by atoms with van der Waals surface area (Å²) in [6.07, 6.45) is -1.41. The van der Waals surface area contributed by atoms with Gasteiger partial charge >= 0.3 is 12.3 Å². The molecule has 3 N–H and O–H groups in total. The van der Waals surface area contributed by atoms with Crippen molar-refractivity contribution in [3.63, 3.8) is 0 Å². The largest absolute Gasteiger partial charge is 0.444 e. The van der Waals surface area contributed by atoms with Crippen LogP contribution in [0.25, 0.3) is 11.0 Å². The van der Waals surface area contributed by atoms with Gasteiger partial charge < -0.3 is 25.1 Å². The smallest absolute Gasteiger partial charge is 0.408 e. The molecule has 0 radical (unpaired) electrons. The minimum absolute atomic E-state index is 0.0963. The van der Waals surface area contributed by atoms with Crippen LogP contribution in [0.1, 0.15) is 52.7 Å². The maximum atomic E-state index is 14.3. The maximum absolute atomic E-state index is 14.3. The highest BCUT2D eigenvalue weighted by Gasteiger charge is 2.60. The van der Waals surface area contributed by atoms with E-state index in [1.807, 2.05) is 10.8 Å². The Labute approximate surface area is 195 Å². The van der Waals surface area contributed by atoms with Crippen molar-refractivity contribution >= 4 is 22.9 Å². The first kappa shape index (κ1) is 24.5. The number of hydrogen-bond acceptors (Lipinski definition) is 7. The van der Waals surface area contributed by atoms with Crippen LogP contribution in [0.3, 0.4) is 0 Å². The van der Waals surface area contributed by atoms with Crippen molar-refractivity contribution in [1.29, 1.82) is 0 Å². The highest BCUT2D eigenvalue weighted by Crippen LogP contribution is 2.44. The average Bonchev–Trinajstić information content (AvgIpc) is 3.44. The first-order valence-electron chi connectivity index (χ1n) is 11.4. The summed E-state index contributed by atoms with van der Waals surface area (Å²) in [6, 6.07) is 1.80. The number of carbonyl (C=O) groups is 1. The van der Waals surface area contributed by atoms with Crippen LogP contribution in [0.15, 0.2) is 18.6 Å². The summed E-state index contributed by atoms with van der Waals surface area (Å²) in [4.78, 5) is 21.7. The number of nitrogens with one attached hydrogen (secondary N) is 1. The molecule has 3 unspecified atom stereocenters. The van der Waals surface area contributed by atoms with E-state index in [0.717, 1.165) is 0 Å². The number of likely N-dealkylation sites (tertiary alicyclic amines) is 1. The number of rotatable bonds is 5. The van der Waals surface area contributed by atoms with Gasteiger partial charge in [-0.3, -0.25) is 4.90 Å². The number of hydrogen-bond donors (Lipinski definition) is 2. The summed E-state index contributed by atoms with van der Waals surface area (Å²) in [5.74, 6) is 0.364. The molecule has 0 bridgehead atoms. The number of halogens is 3. The van der Waals surface area contributed by atoms with E-state index in [0.29, 0.717) is 36.1 Å². The number of amides is 1. The zero-order chi connectivity index (χ0) is 24.7. The maximum Gasteiger partial charge on any atom is 0.408 e. The topological polar surface area (TPSA) is 108 Å². The molecule has 34 heavy (non-hydrogen) atoms. The zero-order valence-corrected chi connectivity index (χ0v) is 19.6. The fraction of sp³-hybridized carbons (Fsp3) is 0.682. The Kier molecular flexibility index (Phi) is 6.40. The monoisotopic (exact) mass is 484 g/mol. The van der Waals surface area contributed by atoms with Crippen molar-refractivity contribution in [2.24, 2.45) is 0 Å². The van der Waals surface area contributed by atoms with Gasteiger partial charge in [-0.2, -0.15) is 13.2 Å². The van der Waals surface area contributed by atoms with E-state index in [-0.39, 0.29) is 31.8 Å². The molecule has 3 atom stereocenters. The van der Waals surface area contributed by atoms with Crippen LogP contribution in [0, 0.1) is 0 Å². The number of fused-ring (bicyclic) bond motifs is 1. The van der Waals surface area contributed by atoms with Crippen LogP contribution in [0.2, 0.25) is 0 Å². The van der Waals surface area contributed by atoms with Crippen LogP contribution in [-0.2, 0) is 9.47 Å². The van der Waals surface area contributed by atoms with Crippen molar-refractivity contribution in [3.8, 4) is 0 Å². The number of nitrogens with zero attached hydrogens (tertiary/aromatic N) is 4. The molecule has 1 amide bonds. The molecule has 4 heterocycles. The van der Waals surface area contributed by atoms with E-state index in [4.69, 9.17) is 15.2 Å². The molecule has 2 aromatic rings. The van der Waals surface area contributed by atoms with E-state index in [1.165, 1.54) is 11.2 Å². The second-order valence-corrected chi connectivity index (χ2v) is 9.94. The van der Waals surface area contributed by atoms with Crippen molar-refractivity contribution in [3.05, 3.63) is 18.6 Å². The Morgan fingerprint density at radius 1 is 1.32 bits per heavy atom. The zero-order valence-electron chi connectivity index (χ0n) is 19.6. The number of alkyl halides is 3. The van der Waals surface area contributed by atoms with Gasteiger partial charge in [0.25, 0.3) is 0 Å². The van der Waals surface area contributed by atoms with Gasteiger partial charge in [0.15, 0.2) is 0 Å². The van der Waals surface area contributed by atoms with E-state index in [1.54, 1.807) is 26.8 Å². The molecule has 0 aromatic carbocycles. The Morgan fingerprint density at radius 3 is 2.79 bits per heavy atom.